The molecule has 1 N–H and O–H groups in total. The van der Waals surface area contributed by atoms with Crippen molar-refractivity contribution in [2.75, 3.05) is 6.54 Å². The number of ketones is 1. The van der Waals surface area contributed by atoms with Crippen molar-refractivity contribution in [1.82, 2.24) is 15.1 Å². The highest BCUT2D eigenvalue weighted by Crippen LogP contribution is 2.44. The van der Waals surface area contributed by atoms with Gasteiger partial charge in [0.15, 0.2) is 0 Å². The molecule has 0 bridgehead atoms. The van der Waals surface area contributed by atoms with Crippen molar-refractivity contribution in [3.63, 3.8) is 0 Å². The molecule has 0 radical (unpaired) electrons. The molecule has 0 saturated carbocycles. The van der Waals surface area contributed by atoms with Crippen LogP contribution < -0.4 is 5.32 Å². The molecule has 2 aromatic rings. The third kappa shape index (κ3) is 11.7. The molecule has 3 heterocycles. The summed E-state index contributed by atoms with van der Waals surface area (Å²) in [7, 11) is 0. The van der Waals surface area contributed by atoms with Gasteiger partial charge in [-0.05, 0) is 73.8 Å². The minimum Gasteiger partial charge on any atom is -0.381 e. The van der Waals surface area contributed by atoms with Gasteiger partial charge in [0.2, 0.25) is 0 Å². The van der Waals surface area contributed by atoms with E-state index < -0.39 is 11.6 Å². The van der Waals surface area contributed by atoms with E-state index in [4.69, 9.17) is 0 Å². The molecule has 0 aromatic heterocycles. The number of hydrogen-bond acceptors (Lipinski definition) is 4. The van der Waals surface area contributed by atoms with E-state index in [1.54, 1.807) is 0 Å². The number of nitrogens with zero attached hydrogens (tertiary/aromatic N) is 2. The van der Waals surface area contributed by atoms with Gasteiger partial charge in [0, 0.05) is 67.1 Å². The van der Waals surface area contributed by atoms with Crippen LogP contribution in [-0.4, -0.2) is 34.2 Å². The Balaban J connectivity index is 1.16. The largest absolute Gasteiger partial charge is 0.381 e. The first kappa shape index (κ1) is 42.0. The zero-order valence-corrected chi connectivity index (χ0v) is 33.8. The van der Waals surface area contributed by atoms with Crippen LogP contribution >= 0.6 is 0 Å². The van der Waals surface area contributed by atoms with Crippen molar-refractivity contribution in [2.45, 2.75) is 148 Å². The first-order valence-corrected chi connectivity index (χ1v) is 21.1. The van der Waals surface area contributed by atoms with Gasteiger partial charge in [-0.15, -0.1) is 0 Å². The third-order valence-corrected chi connectivity index (χ3v) is 11.8. The summed E-state index contributed by atoms with van der Waals surface area (Å²) in [6, 6.07) is 12.7. The van der Waals surface area contributed by atoms with E-state index in [1.165, 1.54) is 100 Å². The number of fused-ring (bicyclic) bond motifs is 2. The zero-order valence-electron chi connectivity index (χ0n) is 33.8. The van der Waals surface area contributed by atoms with Crippen LogP contribution in [-0.2, 0) is 24.2 Å². The van der Waals surface area contributed by atoms with E-state index >= 15 is 0 Å². The van der Waals surface area contributed by atoms with Crippen molar-refractivity contribution >= 4 is 5.78 Å². The Hall–Kier alpha value is -4.19. The molecule has 2 aromatic carbocycles. The fourth-order valence-electron chi connectivity index (χ4n) is 8.65. The van der Waals surface area contributed by atoms with Crippen LogP contribution in [0.1, 0.15) is 133 Å². The highest BCUT2D eigenvalue weighted by Gasteiger charge is 2.40. The summed E-state index contributed by atoms with van der Waals surface area (Å²) in [5.74, 6) is -1.12. The van der Waals surface area contributed by atoms with Gasteiger partial charge in [0.05, 0.1) is 11.4 Å². The summed E-state index contributed by atoms with van der Waals surface area (Å²) >= 11 is 0. The summed E-state index contributed by atoms with van der Waals surface area (Å²) in [4.78, 5) is 18.5. The Morgan fingerprint density at radius 1 is 0.836 bits per heavy atom. The maximum absolute atomic E-state index is 14.5. The summed E-state index contributed by atoms with van der Waals surface area (Å²) in [5, 5.41) is 3.23. The van der Waals surface area contributed by atoms with Crippen LogP contribution in [0.3, 0.4) is 0 Å². The van der Waals surface area contributed by atoms with Crippen LogP contribution in [0.2, 0.25) is 0 Å². The Morgan fingerprint density at radius 2 is 1.47 bits per heavy atom. The summed E-state index contributed by atoms with van der Waals surface area (Å²) in [6.45, 7) is 23.2. The molecular weight excluding hydrogens is 685 g/mol. The molecule has 296 valence electrons. The molecule has 3 aliphatic rings. The van der Waals surface area contributed by atoms with Gasteiger partial charge >= 0.3 is 0 Å². The molecule has 5 rings (SSSR count). The molecule has 2 unspecified atom stereocenters. The first-order chi connectivity index (χ1) is 26.5. The second-order valence-electron chi connectivity index (χ2n) is 16.3. The molecule has 0 amide bonds. The number of unbranched alkanes of at least 4 members (excludes halogenated alkanes) is 10. The minimum absolute atomic E-state index is 0.104. The van der Waals surface area contributed by atoms with Crippen molar-refractivity contribution in [3.05, 3.63) is 143 Å². The molecule has 2 fully saturated rings. The molecule has 4 nitrogen and oxygen atoms in total. The van der Waals surface area contributed by atoms with Gasteiger partial charge in [-0.2, -0.15) is 0 Å². The van der Waals surface area contributed by atoms with Crippen LogP contribution in [0.25, 0.3) is 0 Å². The fourth-order valence-corrected chi connectivity index (χ4v) is 8.65. The van der Waals surface area contributed by atoms with E-state index in [0.29, 0.717) is 35.3 Å². The van der Waals surface area contributed by atoms with Gasteiger partial charge in [-0.25, -0.2) is 8.78 Å². The van der Waals surface area contributed by atoms with Crippen molar-refractivity contribution in [3.8, 4) is 0 Å². The molecule has 0 spiro atoms. The smallest absolute Gasteiger partial charge is 0.141 e. The molecule has 6 heteroatoms. The quantitative estimate of drug-likeness (QED) is 0.0960. The maximum atomic E-state index is 14.5. The lowest BCUT2D eigenvalue weighted by Gasteiger charge is -2.52. The SMILES string of the molecule is C=C(CCCCCCCCCCCCC)Cc1ccc(CC(=O)CC2=C3C(=C)N4C(C)CCCC4CN3C=C(C(=C)NCc3ccc(F)cc3F)C2=C)cc1. The number of nitrogens with one attached hydrogen (secondary N) is 1. The number of piperazine rings is 1. The lowest BCUT2D eigenvalue weighted by molar-refractivity contribution is -0.117. The van der Waals surface area contributed by atoms with Crippen LogP contribution in [0.15, 0.2) is 114 Å². The van der Waals surface area contributed by atoms with E-state index in [2.05, 4.69) is 79.5 Å². The Bertz CT molecular complexity index is 1750. The highest BCUT2D eigenvalue weighted by atomic mass is 19.1. The normalized spacial score (nSPS) is 18.2. The van der Waals surface area contributed by atoms with Gasteiger partial charge in [0.1, 0.15) is 17.4 Å². The second kappa shape index (κ2) is 20.6. The Kier molecular flexibility index (Phi) is 15.8. The van der Waals surface area contributed by atoms with E-state index in [-0.39, 0.29) is 18.7 Å². The average molecular weight is 750 g/mol. The minimum atomic E-state index is -0.612. The number of piperidine rings is 1. The van der Waals surface area contributed by atoms with Crippen molar-refractivity contribution in [2.24, 2.45) is 0 Å². The van der Waals surface area contributed by atoms with Gasteiger partial charge in [0.25, 0.3) is 0 Å². The third-order valence-electron chi connectivity index (χ3n) is 11.8. The standard InChI is InChI=1S/C49H65F2N3O/c1-7-8-9-10-11-12-13-14-15-16-17-19-35(2)28-40-22-24-41(25-23-40)29-45(55)31-46-37(4)47(38(5)52-32-42-26-27-43(50)30-48(42)51)34-53-33-44-21-18-20-36(3)54(44)39(6)49(46)53/h22-27,30,34,36,44,52H,2,4-21,28-29,31-33H2,1,3H3. The Morgan fingerprint density at radius 3 is 2.13 bits per heavy atom. The number of allylic oxidation sites excluding steroid dienone is 3. The lowest BCUT2D eigenvalue weighted by atomic mass is 9.84. The summed E-state index contributed by atoms with van der Waals surface area (Å²) < 4.78 is 28.0. The predicted octanol–water partition coefficient (Wildman–Crippen LogP) is 12.3. The second-order valence-corrected chi connectivity index (χ2v) is 16.3. The number of Topliss-reactive ketones (excluding diaryl/α,β-unsaturated/α-hetero) is 1. The predicted molar refractivity (Wildman–Crippen MR) is 225 cm³/mol. The van der Waals surface area contributed by atoms with Crippen LogP contribution in [0, 0.1) is 11.6 Å². The average Bonchev–Trinajstić information content (AvgIpc) is 3.15. The molecule has 2 atom stereocenters. The number of rotatable bonds is 22. The number of benzene rings is 2. The summed E-state index contributed by atoms with van der Waals surface area (Å²) in [5.41, 5.74) is 8.65. The monoisotopic (exact) mass is 750 g/mol. The van der Waals surface area contributed by atoms with Crippen molar-refractivity contribution < 1.29 is 13.6 Å². The fraction of sp³-hybridized carbons (Fsp3) is 0.490. The number of halogens is 2. The molecule has 3 aliphatic heterocycles. The van der Waals surface area contributed by atoms with E-state index in [9.17, 15) is 13.6 Å². The zero-order chi connectivity index (χ0) is 39.3. The molecule has 2 saturated heterocycles. The van der Waals surface area contributed by atoms with E-state index in [0.717, 1.165) is 66.4 Å². The maximum Gasteiger partial charge on any atom is 0.141 e. The first-order valence-electron chi connectivity index (χ1n) is 21.1. The van der Waals surface area contributed by atoms with E-state index in [1.807, 2.05) is 6.20 Å². The molecule has 55 heavy (non-hydrogen) atoms. The lowest BCUT2D eigenvalue weighted by Crippen LogP contribution is -2.54. The number of hydrogen-bond donors (Lipinski definition) is 1. The van der Waals surface area contributed by atoms with Crippen LogP contribution in [0.4, 0.5) is 8.78 Å². The van der Waals surface area contributed by atoms with Gasteiger partial charge in [-0.3, -0.25) is 4.79 Å². The van der Waals surface area contributed by atoms with Gasteiger partial charge < -0.3 is 15.1 Å². The number of carbonyl (C=O) groups is 1. The molecular formula is C49H65F2N3O. The van der Waals surface area contributed by atoms with Gasteiger partial charge in [-0.1, -0.05) is 133 Å². The van der Waals surface area contributed by atoms with Crippen LogP contribution in [0.5, 0.6) is 0 Å². The topological polar surface area (TPSA) is 35.6 Å². The highest BCUT2D eigenvalue weighted by molar-refractivity contribution is 5.85. The number of carbonyl (C=O) groups excluding carboxylic acids is 1. The van der Waals surface area contributed by atoms with Crippen molar-refractivity contribution in [1.29, 1.82) is 0 Å². The Labute approximate surface area is 330 Å². The summed E-state index contributed by atoms with van der Waals surface area (Å²) in [6.07, 6.45) is 22.7. The molecule has 0 aliphatic carbocycles.